The van der Waals surface area contributed by atoms with Crippen molar-refractivity contribution >= 4 is 56.3 Å². The van der Waals surface area contributed by atoms with Crippen LogP contribution in [0.5, 0.6) is 0 Å². The van der Waals surface area contributed by atoms with Gasteiger partial charge in [0.25, 0.3) is 5.56 Å². The molecule has 0 spiro atoms. The number of thiophene rings is 1. The molecule has 0 bridgehead atoms. The van der Waals surface area contributed by atoms with Crippen molar-refractivity contribution in [3.05, 3.63) is 80.1 Å². The van der Waals surface area contributed by atoms with Crippen LogP contribution in [-0.2, 0) is 11.3 Å². The van der Waals surface area contributed by atoms with Crippen LogP contribution in [-0.4, -0.2) is 15.5 Å². The number of carbonyl (C=O) groups excluding carboxylic acids is 1. The van der Waals surface area contributed by atoms with Gasteiger partial charge in [0.15, 0.2) is 0 Å². The maximum Gasteiger partial charge on any atom is 0.263 e. The SMILES string of the molecule is Cc1ccc(-c2csc3ncn(CC(=O)Nc4ccc(Cl)c(Cl)c4)c(=O)c23)cc1. The number of hydrogen-bond acceptors (Lipinski definition) is 4. The van der Waals surface area contributed by atoms with E-state index in [1.807, 2.05) is 36.6 Å². The molecular formula is C21H15Cl2N3O2S. The summed E-state index contributed by atoms with van der Waals surface area (Å²) in [5.41, 5.74) is 3.15. The Balaban J connectivity index is 1.64. The van der Waals surface area contributed by atoms with Crippen LogP contribution >= 0.6 is 34.5 Å². The summed E-state index contributed by atoms with van der Waals surface area (Å²) in [7, 11) is 0. The third-order valence-electron chi connectivity index (χ3n) is 4.44. The van der Waals surface area contributed by atoms with E-state index in [1.165, 1.54) is 22.2 Å². The molecule has 0 aliphatic rings. The Labute approximate surface area is 180 Å². The number of hydrogen-bond donors (Lipinski definition) is 1. The van der Waals surface area contributed by atoms with E-state index in [0.29, 0.717) is 25.9 Å². The van der Waals surface area contributed by atoms with Crippen molar-refractivity contribution in [3.8, 4) is 11.1 Å². The summed E-state index contributed by atoms with van der Waals surface area (Å²) >= 11 is 13.3. The Bertz CT molecular complexity index is 1280. The lowest BCUT2D eigenvalue weighted by Gasteiger charge is -2.08. The van der Waals surface area contributed by atoms with Crippen molar-refractivity contribution in [3.63, 3.8) is 0 Å². The molecule has 2 heterocycles. The zero-order valence-corrected chi connectivity index (χ0v) is 17.6. The van der Waals surface area contributed by atoms with Gasteiger partial charge in [0, 0.05) is 16.6 Å². The number of anilines is 1. The van der Waals surface area contributed by atoms with Crippen molar-refractivity contribution in [1.29, 1.82) is 0 Å². The van der Waals surface area contributed by atoms with Gasteiger partial charge in [0.05, 0.1) is 21.8 Å². The number of aryl methyl sites for hydroxylation is 1. The van der Waals surface area contributed by atoms with Crippen molar-refractivity contribution in [2.45, 2.75) is 13.5 Å². The second-order valence-corrected chi connectivity index (χ2v) is 8.22. The van der Waals surface area contributed by atoms with Crippen LogP contribution < -0.4 is 10.9 Å². The molecule has 5 nitrogen and oxygen atoms in total. The number of halogens is 2. The quantitative estimate of drug-likeness (QED) is 0.460. The summed E-state index contributed by atoms with van der Waals surface area (Å²) in [4.78, 5) is 30.5. The van der Waals surface area contributed by atoms with Gasteiger partial charge in [-0.05, 0) is 30.7 Å². The van der Waals surface area contributed by atoms with Crippen LogP contribution in [0, 0.1) is 6.92 Å². The van der Waals surface area contributed by atoms with Crippen molar-refractivity contribution in [2.24, 2.45) is 0 Å². The lowest BCUT2D eigenvalue weighted by atomic mass is 10.1. The van der Waals surface area contributed by atoms with Crippen LogP contribution in [0.1, 0.15) is 5.56 Å². The van der Waals surface area contributed by atoms with Gasteiger partial charge in [-0.25, -0.2) is 4.98 Å². The van der Waals surface area contributed by atoms with E-state index in [9.17, 15) is 9.59 Å². The van der Waals surface area contributed by atoms with Gasteiger partial charge in [-0.2, -0.15) is 0 Å². The number of nitrogens with zero attached hydrogens (tertiary/aromatic N) is 2. The van der Waals surface area contributed by atoms with Gasteiger partial charge in [-0.3, -0.25) is 14.2 Å². The molecule has 4 aromatic rings. The van der Waals surface area contributed by atoms with Gasteiger partial charge in [0.2, 0.25) is 5.91 Å². The zero-order chi connectivity index (χ0) is 20.5. The molecule has 1 N–H and O–H groups in total. The topological polar surface area (TPSA) is 64.0 Å². The van der Waals surface area contributed by atoms with E-state index in [0.717, 1.165) is 16.7 Å². The number of carbonyl (C=O) groups is 1. The fraction of sp³-hybridized carbons (Fsp3) is 0.0952. The molecule has 1 amide bonds. The predicted molar refractivity (Wildman–Crippen MR) is 119 cm³/mol. The molecule has 0 unspecified atom stereocenters. The average molecular weight is 444 g/mol. The second-order valence-electron chi connectivity index (χ2n) is 6.55. The Morgan fingerprint density at radius 3 is 2.62 bits per heavy atom. The molecule has 0 aliphatic carbocycles. The van der Waals surface area contributed by atoms with Crippen molar-refractivity contribution < 1.29 is 4.79 Å². The molecule has 146 valence electrons. The third-order valence-corrected chi connectivity index (χ3v) is 6.07. The molecular weight excluding hydrogens is 429 g/mol. The third kappa shape index (κ3) is 4.05. The Kier molecular flexibility index (Phi) is 5.41. The van der Waals surface area contributed by atoms with Gasteiger partial charge in [-0.1, -0.05) is 53.0 Å². The minimum Gasteiger partial charge on any atom is -0.324 e. The monoisotopic (exact) mass is 443 g/mol. The van der Waals surface area contributed by atoms with E-state index in [-0.39, 0.29) is 18.0 Å². The standard InChI is InChI=1S/C21H15Cl2N3O2S/c1-12-2-4-13(5-3-12)15-10-29-20-19(15)21(28)26(11-24-20)9-18(27)25-14-6-7-16(22)17(23)8-14/h2-8,10-11H,9H2,1H3,(H,25,27). The first-order valence-electron chi connectivity index (χ1n) is 8.71. The fourth-order valence-electron chi connectivity index (χ4n) is 2.95. The van der Waals surface area contributed by atoms with Gasteiger partial charge in [-0.15, -0.1) is 11.3 Å². The summed E-state index contributed by atoms with van der Waals surface area (Å²) in [6.07, 6.45) is 1.40. The highest BCUT2D eigenvalue weighted by molar-refractivity contribution is 7.17. The molecule has 2 aromatic heterocycles. The number of rotatable bonds is 4. The Morgan fingerprint density at radius 1 is 1.14 bits per heavy atom. The Morgan fingerprint density at radius 2 is 1.90 bits per heavy atom. The van der Waals surface area contributed by atoms with E-state index >= 15 is 0 Å². The molecule has 0 aliphatic heterocycles. The van der Waals surface area contributed by atoms with Crippen LogP contribution in [0.3, 0.4) is 0 Å². The number of fused-ring (bicyclic) bond motifs is 1. The van der Waals surface area contributed by atoms with E-state index in [4.69, 9.17) is 23.2 Å². The molecule has 4 rings (SSSR count). The average Bonchev–Trinajstić information content (AvgIpc) is 3.12. The van der Waals surface area contributed by atoms with E-state index in [2.05, 4.69) is 10.3 Å². The van der Waals surface area contributed by atoms with Crippen LogP contribution in [0.25, 0.3) is 21.3 Å². The molecule has 29 heavy (non-hydrogen) atoms. The Hall–Kier alpha value is -2.67. The highest BCUT2D eigenvalue weighted by atomic mass is 35.5. The van der Waals surface area contributed by atoms with Crippen molar-refractivity contribution in [2.75, 3.05) is 5.32 Å². The molecule has 0 fully saturated rings. The number of aromatic nitrogens is 2. The molecule has 0 saturated heterocycles. The summed E-state index contributed by atoms with van der Waals surface area (Å²) in [6.45, 7) is 1.85. The minimum absolute atomic E-state index is 0.162. The maximum absolute atomic E-state index is 13.0. The van der Waals surface area contributed by atoms with Gasteiger partial charge in [0.1, 0.15) is 11.4 Å². The predicted octanol–water partition coefficient (Wildman–Crippen LogP) is 5.38. The summed E-state index contributed by atoms with van der Waals surface area (Å²) in [5, 5.41) is 5.89. The van der Waals surface area contributed by atoms with Gasteiger partial charge >= 0.3 is 0 Å². The molecule has 8 heteroatoms. The highest BCUT2D eigenvalue weighted by Gasteiger charge is 2.15. The van der Waals surface area contributed by atoms with E-state index < -0.39 is 0 Å². The second kappa shape index (κ2) is 7.99. The number of nitrogens with one attached hydrogen (secondary N) is 1. The first-order chi connectivity index (χ1) is 13.9. The van der Waals surface area contributed by atoms with Crippen LogP contribution in [0.15, 0.2) is 59.0 Å². The summed E-state index contributed by atoms with van der Waals surface area (Å²) < 4.78 is 1.31. The smallest absolute Gasteiger partial charge is 0.263 e. The normalized spacial score (nSPS) is 11.0. The fourth-order valence-corrected chi connectivity index (χ4v) is 4.16. The summed E-state index contributed by atoms with van der Waals surface area (Å²) in [5.74, 6) is -0.362. The lowest BCUT2D eigenvalue weighted by Crippen LogP contribution is -2.27. The zero-order valence-electron chi connectivity index (χ0n) is 15.3. The molecule has 2 aromatic carbocycles. The van der Waals surface area contributed by atoms with E-state index in [1.54, 1.807) is 18.2 Å². The maximum atomic E-state index is 13.0. The minimum atomic E-state index is -0.362. The number of amides is 1. The molecule has 0 atom stereocenters. The molecule has 0 radical (unpaired) electrons. The summed E-state index contributed by atoms with van der Waals surface area (Å²) in [6, 6.07) is 12.7. The molecule has 0 saturated carbocycles. The first-order valence-corrected chi connectivity index (χ1v) is 10.3. The van der Waals surface area contributed by atoms with Gasteiger partial charge < -0.3 is 5.32 Å². The van der Waals surface area contributed by atoms with Crippen LogP contribution in [0.4, 0.5) is 5.69 Å². The van der Waals surface area contributed by atoms with Crippen molar-refractivity contribution in [1.82, 2.24) is 9.55 Å². The largest absolute Gasteiger partial charge is 0.324 e. The van der Waals surface area contributed by atoms with Crippen LogP contribution in [0.2, 0.25) is 10.0 Å². The highest BCUT2D eigenvalue weighted by Crippen LogP contribution is 2.30. The lowest BCUT2D eigenvalue weighted by molar-refractivity contribution is -0.116. The number of benzene rings is 2. The first kappa shape index (κ1) is 19.6.